The van der Waals surface area contributed by atoms with Gasteiger partial charge in [-0.05, 0) is 24.7 Å². The molecule has 2 aliphatic carbocycles. The summed E-state index contributed by atoms with van der Waals surface area (Å²) < 4.78 is 0. The van der Waals surface area contributed by atoms with Gasteiger partial charge in [0, 0.05) is 16.5 Å². The molecule has 0 aromatic carbocycles. The van der Waals surface area contributed by atoms with Gasteiger partial charge in [0.25, 0.3) is 0 Å². The summed E-state index contributed by atoms with van der Waals surface area (Å²) in [5.41, 5.74) is 5.92. The Balaban J connectivity index is 1.96. The van der Waals surface area contributed by atoms with Crippen molar-refractivity contribution in [2.24, 2.45) is 17.6 Å². The van der Waals surface area contributed by atoms with Crippen LogP contribution in [-0.2, 0) is 0 Å². The molecule has 5 unspecified atom stereocenters. The average Bonchev–Trinajstić information content (AvgIpc) is 2.46. The fraction of sp³-hybridized carbons (Fsp3) is 1.00. The van der Waals surface area contributed by atoms with Crippen LogP contribution in [0, 0.1) is 11.8 Å². The lowest BCUT2D eigenvalue weighted by molar-refractivity contribution is 0.468. The Labute approximate surface area is 59.4 Å². The van der Waals surface area contributed by atoms with Crippen molar-refractivity contribution in [3.8, 4) is 0 Å². The zero-order valence-corrected chi connectivity index (χ0v) is 6.10. The molecule has 2 heteroatoms. The first-order valence-electron chi connectivity index (χ1n) is 3.77. The first-order valence-corrected chi connectivity index (χ1v) is 4.71. The highest BCUT2D eigenvalue weighted by Gasteiger charge is 2.61. The third kappa shape index (κ3) is 0.478. The van der Waals surface area contributed by atoms with E-state index in [-0.39, 0.29) is 0 Å². The second-order valence-electron chi connectivity index (χ2n) is 3.62. The summed E-state index contributed by atoms with van der Waals surface area (Å²) in [7, 11) is 0. The Kier molecular flexibility index (Phi) is 0.740. The summed E-state index contributed by atoms with van der Waals surface area (Å²) in [6.45, 7) is 0. The number of rotatable bonds is 0. The monoisotopic (exact) mass is 141 g/mol. The van der Waals surface area contributed by atoms with E-state index in [1.807, 2.05) is 0 Å². The molecule has 1 aliphatic heterocycles. The summed E-state index contributed by atoms with van der Waals surface area (Å²) >= 11 is 2.18. The second kappa shape index (κ2) is 1.32. The molecule has 5 atom stereocenters. The lowest BCUT2D eigenvalue weighted by Gasteiger charge is -2.13. The third-order valence-corrected chi connectivity index (χ3v) is 4.78. The first kappa shape index (κ1) is 5.03. The van der Waals surface area contributed by atoms with Gasteiger partial charge in [0.1, 0.15) is 0 Å². The normalized spacial score (nSPS) is 68.3. The Bertz CT molecular complexity index is 155. The van der Waals surface area contributed by atoms with Gasteiger partial charge in [-0.3, -0.25) is 0 Å². The number of fused-ring (bicyclic) bond motifs is 5. The lowest BCUT2D eigenvalue weighted by Crippen LogP contribution is -2.30. The molecule has 1 nitrogen and oxygen atoms in total. The Morgan fingerprint density at radius 1 is 1.22 bits per heavy atom. The zero-order valence-electron chi connectivity index (χ0n) is 5.29. The van der Waals surface area contributed by atoms with Gasteiger partial charge in [0.2, 0.25) is 0 Å². The molecule has 2 bridgehead atoms. The highest BCUT2D eigenvalue weighted by atomic mass is 32.2. The summed E-state index contributed by atoms with van der Waals surface area (Å²) in [5.74, 6) is 1.95. The number of hydrogen-bond acceptors (Lipinski definition) is 2. The average molecular weight is 141 g/mol. The maximum atomic E-state index is 5.92. The molecule has 3 aliphatic rings. The van der Waals surface area contributed by atoms with Crippen LogP contribution in [-0.4, -0.2) is 16.5 Å². The fourth-order valence-corrected chi connectivity index (χ4v) is 4.31. The summed E-state index contributed by atoms with van der Waals surface area (Å²) in [6.07, 6.45) is 2.79. The van der Waals surface area contributed by atoms with E-state index in [9.17, 15) is 0 Å². The summed E-state index contributed by atoms with van der Waals surface area (Å²) in [5, 5.41) is 2.08. The van der Waals surface area contributed by atoms with Gasteiger partial charge in [-0.15, -0.1) is 0 Å². The van der Waals surface area contributed by atoms with Gasteiger partial charge < -0.3 is 5.73 Å². The van der Waals surface area contributed by atoms with Gasteiger partial charge in [0.05, 0.1) is 0 Å². The Hall–Kier alpha value is 0.310. The van der Waals surface area contributed by atoms with Crippen molar-refractivity contribution >= 4 is 11.8 Å². The quantitative estimate of drug-likeness (QED) is 0.506. The standard InChI is InChI=1S/C7H11NS/c8-5-2-3-1-4(5)7-6(3)9-7/h3-7H,1-2,8H2. The van der Waals surface area contributed by atoms with E-state index in [0.717, 1.165) is 22.3 Å². The highest BCUT2D eigenvalue weighted by Crippen LogP contribution is 2.65. The lowest BCUT2D eigenvalue weighted by atomic mass is 9.96. The Morgan fingerprint density at radius 2 is 2.11 bits per heavy atom. The molecular formula is C7H11NS. The van der Waals surface area contributed by atoms with Crippen molar-refractivity contribution in [2.75, 3.05) is 0 Å². The van der Waals surface area contributed by atoms with Crippen LogP contribution in [0.4, 0.5) is 0 Å². The molecule has 50 valence electrons. The molecule has 0 amide bonds. The molecule has 9 heavy (non-hydrogen) atoms. The van der Waals surface area contributed by atoms with Crippen LogP contribution < -0.4 is 5.73 Å². The molecule has 3 rings (SSSR count). The second-order valence-corrected chi connectivity index (χ2v) is 4.99. The van der Waals surface area contributed by atoms with E-state index in [1.54, 1.807) is 0 Å². The predicted octanol–water partition coefficient (Wildman–Crippen LogP) is 0.838. The summed E-state index contributed by atoms with van der Waals surface area (Å²) in [6, 6.07) is 0.575. The highest BCUT2D eigenvalue weighted by molar-refractivity contribution is 8.07. The van der Waals surface area contributed by atoms with Gasteiger partial charge in [-0.1, -0.05) is 0 Å². The van der Waals surface area contributed by atoms with Crippen molar-refractivity contribution < 1.29 is 0 Å². The largest absolute Gasteiger partial charge is 0.327 e. The van der Waals surface area contributed by atoms with Crippen LogP contribution >= 0.6 is 11.8 Å². The Morgan fingerprint density at radius 3 is 2.67 bits per heavy atom. The molecule has 3 fully saturated rings. The SMILES string of the molecule is NC1CC2CC1C1SC21. The topological polar surface area (TPSA) is 26.0 Å². The smallest absolute Gasteiger partial charge is 0.0215 e. The molecule has 0 radical (unpaired) electrons. The van der Waals surface area contributed by atoms with Crippen LogP contribution in [0.15, 0.2) is 0 Å². The first-order chi connectivity index (χ1) is 4.36. The zero-order chi connectivity index (χ0) is 6.01. The fourth-order valence-electron chi connectivity index (χ4n) is 2.65. The van der Waals surface area contributed by atoms with Crippen LogP contribution in [0.1, 0.15) is 12.8 Å². The minimum Gasteiger partial charge on any atom is -0.327 e. The molecule has 1 saturated heterocycles. The van der Waals surface area contributed by atoms with Gasteiger partial charge in [0.15, 0.2) is 0 Å². The van der Waals surface area contributed by atoms with Crippen molar-refractivity contribution in [3.05, 3.63) is 0 Å². The van der Waals surface area contributed by atoms with Crippen molar-refractivity contribution in [1.82, 2.24) is 0 Å². The van der Waals surface area contributed by atoms with Crippen LogP contribution in [0.5, 0.6) is 0 Å². The molecular weight excluding hydrogens is 130 g/mol. The van der Waals surface area contributed by atoms with E-state index in [0.29, 0.717) is 6.04 Å². The minimum absolute atomic E-state index is 0.575. The van der Waals surface area contributed by atoms with E-state index >= 15 is 0 Å². The van der Waals surface area contributed by atoms with Crippen LogP contribution in [0.3, 0.4) is 0 Å². The third-order valence-electron chi connectivity index (χ3n) is 3.15. The number of hydrogen-bond donors (Lipinski definition) is 1. The van der Waals surface area contributed by atoms with Crippen LogP contribution in [0.25, 0.3) is 0 Å². The molecule has 0 aromatic heterocycles. The van der Waals surface area contributed by atoms with Crippen LogP contribution in [0.2, 0.25) is 0 Å². The minimum atomic E-state index is 0.575. The van der Waals surface area contributed by atoms with Gasteiger partial charge in [-0.25, -0.2) is 0 Å². The molecule has 2 saturated carbocycles. The molecule has 0 aromatic rings. The maximum absolute atomic E-state index is 5.92. The van der Waals surface area contributed by atoms with Crippen molar-refractivity contribution in [3.63, 3.8) is 0 Å². The molecule has 0 spiro atoms. The number of nitrogens with two attached hydrogens (primary N) is 1. The molecule has 2 N–H and O–H groups in total. The van der Waals surface area contributed by atoms with Gasteiger partial charge in [-0.2, -0.15) is 11.8 Å². The number of thioether (sulfide) groups is 1. The van der Waals surface area contributed by atoms with Crippen molar-refractivity contribution in [1.29, 1.82) is 0 Å². The maximum Gasteiger partial charge on any atom is 0.0215 e. The summed E-state index contributed by atoms with van der Waals surface area (Å²) in [4.78, 5) is 0. The van der Waals surface area contributed by atoms with E-state index < -0.39 is 0 Å². The molecule has 1 heterocycles. The van der Waals surface area contributed by atoms with E-state index in [4.69, 9.17) is 5.73 Å². The van der Waals surface area contributed by atoms with E-state index in [2.05, 4.69) is 11.8 Å². The van der Waals surface area contributed by atoms with E-state index in [1.165, 1.54) is 12.8 Å². The van der Waals surface area contributed by atoms with Gasteiger partial charge >= 0.3 is 0 Å². The predicted molar refractivity (Wildman–Crippen MR) is 39.4 cm³/mol. The van der Waals surface area contributed by atoms with Crippen molar-refractivity contribution in [2.45, 2.75) is 29.4 Å².